The number of likely N-dealkylation sites (tertiary alicyclic amines) is 1. The van der Waals surface area contributed by atoms with Crippen molar-refractivity contribution in [3.05, 3.63) is 65.2 Å². The molecule has 0 N–H and O–H groups in total. The van der Waals surface area contributed by atoms with E-state index in [9.17, 15) is 14.0 Å². The van der Waals surface area contributed by atoms with Crippen molar-refractivity contribution in [1.82, 2.24) is 14.9 Å². The van der Waals surface area contributed by atoms with Gasteiger partial charge in [-0.2, -0.15) is 0 Å². The number of pyridine rings is 2. The summed E-state index contributed by atoms with van der Waals surface area (Å²) in [6.07, 6.45) is 4.54. The van der Waals surface area contributed by atoms with Crippen LogP contribution in [0.1, 0.15) is 24.3 Å². The van der Waals surface area contributed by atoms with Gasteiger partial charge in [-0.05, 0) is 60.7 Å². The lowest BCUT2D eigenvalue weighted by Gasteiger charge is -2.33. The van der Waals surface area contributed by atoms with E-state index in [0.717, 1.165) is 16.5 Å². The third kappa shape index (κ3) is 3.98. The van der Waals surface area contributed by atoms with E-state index in [2.05, 4.69) is 9.97 Å². The molecule has 1 fully saturated rings. The number of nitrogens with zero attached hydrogens (tertiary/aromatic N) is 4. The summed E-state index contributed by atoms with van der Waals surface area (Å²) in [7, 11) is 1.51. The number of carbonyl (C=O) groups excluding carboxylic acids is 2. The van der Waals surface area contributed by atoms with E-state index in [0.29, 0.717) is 36.8 Å². The first kappa shape index (κ1) is 20.2. The monoisotopic (exact) mass is 426 g/mol. The Balaban J connectivity index is 1.44. The molecule has 0 unspecified atom stereocenters. The summed E-state index contributed by atoms with van der Waals surface area (Å²) in [4.78, 5) is 36.5. The van der Waals surface area contributed by atoms with Crippen LogP contribution in [0.3, 0.4) is 0 Å². The number of piperidine rings is 1. The predicted octanol–water partition coefficient (Wildman–Crippen LogP) is 3.79. The standard InChI is InChI=1S/C22H20ClFN4O2/c1-27(20-5-2-15(23)13-26-20)21(29)22(30)28-10-7-14(8-11-28)17-6-9-25-19-4-3-16(24)12-18(17)19/h2-6,9,12-14H,7-8,10-11H2,1H3. The van der Waals surface area contributed by atoms with Crippen LogP contribution in [0.5, 0.6) is 0 Å². The highest BCUT2D eigenvalue weighted by Crippen LogP contribution is 2.33. The van der Waals surface area contributed by atoms with Crippen LogP contribution >= 0.6 is 11.6 Å². The van der Waals surface area contributed by atoms with Crippen LogP contribution in [0, 0.1) is 5.82 Å². The molecular formula is C22H20ClFN4O2. The van der Waals surface area contributed by atoms with E-state index in [-0.39, 0.29) is 11.7 Å². The molecule has 0 atom stereocenters. The fourth-order valence-electron chi connectivity index (χ4n) is 3.84. The number of rotatable bonds is 2. The molecule has 8 heteroatoms. The zero-order chi connectivity index (χ0) is 21.3. The summed E-state index contributed by atoms with van der Waals surface area (Å²) in [5.41, 5.74) is 1.78. The average Bonchev–Trinajstić information content (AvgIpc) is 2.78. The number of fused-ring (bicyclic) bond motifs is 1. The quantitative estimate of drug-likeness (QED) is 0.585. The van der Waals surface area contributed by atoms with Gasteiger partial charge in [-0.25, -0.2) is 9.37 Å². The fraction of sp³-hybridized carbons (Fsp3) is 0.273. The molecule has 1 aromatic carbocycles. The first-order valence-electron chi connectivity index (χ1n) is 9.66. The minimum atomic E-state index is -0.639. The van der Waals surface area contributed by atoms with Crippen LogP contribution in [0.15, 0.2) is 48.8 Å². The van der Waals surface area contributed by atoms with Crippen molar-refractivity contribution < 1.29 is 14.0 Å². The number of amides is 2. The minimum Gasteiger partial charge on any atom is -0.334 e. The molecule has 30 heavy (non-hydrogen) atoms. The molecule has 6 nitrogen and oxygen atoms in total. The van der Waals surface area contributed by atoms with E-state index in [1.165, 1.54) is 30.3 Å². The van der Waals surface area contributed by atoms with Crippen molar-refractivity contribution >= 4 is 40.1 Å². The number of likely N-dealkylation sites (N-methyl/N-ethyl adjacent to an activating group) is 1. The van der Waals surface area contributed by atoms with Crippen molar-refractivity contribution in [3.63, 3.8) is 0 Å². The molecular weight excluding hydrogens is 407 g/mol. The second-order valence-electron chi connectivity index (χ2n) is 7.33. The van der Waals surface area contributed by atoms with E-state index in [4.69, 9.17) is 11.6 Å². The Morgan fingerprint density at radius 1 is 1.13 bits per heavy atom. The summed E-state index contributed by atoms with van der Waals surface area (Å²) in [6.45, 7) is 0.909. The predicted molar refractivity (Wildman–Crippen MR) is 113 cm³/mol. The van der Waals surface area contributed by atoms with Crippen molar-refractivity contribution in [3.8, 4) is 0 Å². The molecule has 1 saturated heterocycles. The molecule has 3 aromatic rings. The second kappa shape index (κ2) is 8.36. The van der Waals surface area contributed by atoms with Crippen molar-refractivity contribution in [2.75, 3.05) is 25.0 Å². The average molecular weight is 427 g/mol. The summed E-state index contributed by atoms with van der Waals surface area (Å²) in [5.74, 6) is -0.961. The molecule has 2 aromatic heterocycles. The zero-order valence-corrected chi connectivity index (χ0v) is 17.1. The number of anilines is 1. The number of benzene rings is 1. The van der Waals surface area contributed by atoms with Gasteiger partial charge in [0.15, 0.2) is 0 Å². The van der Waals surface area contributed by atoms with E-state index < -0.39 is 11.8 Å². The van der Waals surface area contributed by atoms with Crippen LogP contribution < -0.4 is 4.90 Å². The fourth-order valence-corrected chi connectivity index (χ4v) is 3.95. The first-order chi connectivity index (χ1) is 14.4. The number of halogens is 2. The lowest BCUT2D eigenvalue weighted by Crippen LogP contribution is -2.47. The Hall–Kier alpha value is -3.06. The van der Waals surface area contributed by atoms with E-state index in [1.54, 1.807) is 29.3 Å². The van der Waals surface area contributed by atoms with Crippen molar-refractivity contribution in [2.24, 2.45) is 0 Å². The second-order valence-corrected chi connectivity index (χ2v) is 7.76. The third-order valence-electron chi connectivity index (χ3n) is 5.50. The summed E-state index contributed by atoms with van der Waals surface area (Å²) >= 11 is 5.82. The Bertz CT molecular complexity index is 1100. The number of hydrogen-bond donors (Lipinski definition) is 0. The third-order valence-corrected chi connectivity index (χ3v) is 5.73. The van der Waals surface area contributed by atoms with Gasteiger partial charge >= 0.3 is 11.8 Å². The lowest BCUT2D eigenvalue weighted by molar-refractivity contribution is -0.145. The van der Waals surface area contributed by atoms with Gasteiger partial charge in [0.1, 0.15) is 11.6 Å². The number of aromatic nitrogens is 2. The largest absolute Gasteiger partial charge is 0.334 e. The van der Waals surface area contributed by atoms with Gasteiger partial charge in [-0.15, -0.1) is 0 Å². The molecule has 2 amide bonds. The van der Waals surface area contributed by atoms with Gasteiger partial charge in [-0.1, -0.05) is 11.6 Å². The van der Waals surface area contributed by atoms with Crippen molar-refractivity contribution in [1.29, 1.82) is 0 Å². The molecule has 0 bridgehead atoms. The Morgan fingerprint density at radius 3 is 2.60 bits per heavy atom. The van der Waals surface area contributed by atoms with Gasteiger partial charge in [0.25, 0.3) is 0 Å². The maximum absolute atomic E-state index is 13.7. The summed E-state index contributed by atoms with van der Waals surface area (Å²) < 4.78 is 13.7. The Kier molecular flexibility index (Phi) is 5.63. The number of carbonyl (C=O) groups is 2. The zero-order valence-electron chi connectivity index (χ0n) is 16.4. The van der Waals surface area contributed by atoms with Crippen LogP contribution in [0.4, 0.5) is 10.2 Å². The molecule has 1 aliphatic heterocycles. The maximum atomic E-state index is 13.7. The van der Waals surface area contributed by atoms with Gasteiger partial charge in [-0.3, -0.25) is 19.5 Å². The van der Waals surface area contributed by atoms with Gasteiger partial charge in [0.05, 0.1) is 10.5 Å². The molecule has 4 rings (SSSR count). The topological polar surface area (TPSA) is 66.4 Å². The van der Waals surface area contributed by atoms with E-state index in [1.807, 2.05) is 6.07 Å². The Morgan fingerprint density at radius 2 is 1.90 bits per heavy atom. The normalized spacial score (nSPS) is 14.7. The number of hydrogen-bond acceptors (Lipinski definition) is 4. The van der Waals surface area contributed by atoms with Gasteiger partial charge in [0, 0.05) is 37.9 Å². The molecule has 0 saturated carbocycles. The Labute approximate surface area is 178 Å². The summed E-state index contributed by atoms with van der Waals surface area (Å²) in [5, 5.41) is 1.25. The van der Waals surface area contributed by atoms with Crippen LogP contribution in [-0.2, 0) is 9.59 Å². The van der Waals surface area contributed by atoms with Crippen molar-refractivity contribution in [2.45, 2.75) is 18.8 Å². The molecule has 154 valence electrons. The SMILES string of the molecule is CN(C(=O)C(=O)N1CCC(c2ccnc3ccc(F)cc23)CC1)c1ccc(Cl)cn1. The molecule has 0 radical (unpaired) electrons. The van der Waals surface area contributed by atoms with Crippen LogP contribution in [0.25, 0.3) is 10.9 Å². The summed E-state index contributed by atoms with van der Waals surface area (Å²) in [6, 6.07) is 9.70. The minimum absolute atomic E-state index is 0.173. The van der Waals surface area contributed by atoms with Crippen LogP contribution in [0.2, 0.25) is 5.02 Å². The molecule has 0 spiro atoms. The molecule has 0 aliphatic carbocycles. The van der Waals surface area contributed by atoms with Gasteiger partial charge < -0.3 is 4.90 Å². The maximum Gasteiger partial charge on any atom is 0.317 e. The van der Waals surface area contributed by atoms with E-state index >= 15 is 0 Å². The first-order valence-corrected chi connectivity index (χ1v) is 10.0. The highest BCUT2D eigenvalue weighted by molar-refractivity contribution is 6.40. The molecule has 3 heterocycles. The van der Waals surface area contributed by atoms with Crippen LogP contribution in [-0.4, -0.2) is 46.8 Å². The lowest BCUT2D eigenvalue weighted by atomic mass is 9.87. The van der Waals surface area contributed by atoms with Gasteiger partial charge in [0.2, 0.25) is 0 Å². The highest BCUT2D eigenvalue weighted by atomic mass is 35.5. The highest BCUT2D eigenvalue weighted by Gasteiger charge is 2.30. The molecule has 1 aliphatic rings. The smallest absolute Gasteiger partial charge is 0.317 e.